The van der Waals surface area contributed by atoms with Crippen LogP contribution in [0.1, 0.15) is 5.56 Å². The van der Waals surface area contributed by atoms with Crippen molar-refractivity contribution < 1.29 is 26.0 Å². The number of sulfonamides is 1. The molecule has 146 valence electrons. The van der Waals surface area contributed by atoms with E-state index in [1.807, 2.05) is 0 Å². The Morgan fingerprint density at radius 1 is 0.786 bits per heavy atom. The largest absolute Gasteiger partial charge is 0.238 e. The molecule has 3 rings (SSSR count). The van der Waals surface area contributed by atoms with Crippen LogP contribution in [0.5, 0.6) is 0 Å². The monoisotopic (exact) mass is 429 g/mol. The Morgan fingerprint density at radius 2 is 1.25 bits per heavy atom. The van der Waals surface area contributed by atoms with Gasteiger partial charge in [0, 0.05) is 16.1 Å². The SMILES string of the molecule is Cc1cc(-c2c(F)c(F)c(F)c(F)c2-c2ccc(S(N)(=O)=O)cc2)ccc1Cl. The van der Waals surface area contributed by atoms with Crippen LogP contribution in [0.4, 0.5) is 17.6 Å². The van der Waals surface area contributed by atoms with E-state index in [1.54, 1.807) is 6.92 Å². The number of hydrogen-bond acceptors (Lipinski definition) is 2. The minimum atomic E-state index is -4.02. The number of rotatable bonds is 3. The van der Waals surface area contributed by atoms with Gasteiger partial charge in [-0.05, 0) is 47.9 Å². The maximum absolute atomic E-state index is 14.6. The third-order valence-electron chi connectivity index (χ3n) is 4.19. The number of aryl methyl sites for hydroxylation is 1. The highest BCUT2D eigenvalue weighted by atomic mass is 35.5. The first-order valence-electron chi connectivity index (χ1n) is 7.78. The van der Waals surface area contributed by atoms with Gasteiger partial charge in [-0.1, -0.05) is 29.8 Å². The van der Waals surface area contributed by atoms with Gasteiger partial charge in [0.1, 0.15) is 0 Å². The molecule has 0 bridgehead atoms. The van der Waals surface area contributed by atoms with Crippen LogP contribution in [0.15, 0.2) is 47.4 Å². The molecule has 0 heterocycles. The second-order valence-electron chi connectivity index (χ2n) is 6.04. The van der Waals surface area contributed by atoms with Crippen LogP contribution in [-0.2, 0) is 10.0 Å². The summed E-state index contributed by atoms with van der Waals surface area (Å²) in [5, 5.41) is 5.36. The molecule has 3 aromatic rings. The van der Waals surface area contributed by atoms with E-state index in [4.69, 9.17) is 16.7 Å². The summed E-state index contributed by atoms with van der Waals surface area (Å²) in [5.41, 5.74) is -0.550. The summed E-state index contributed by atoms with van der Waals surface area (Å²) < 4.78 is 79.9. The molecule has 0 fully saturated rings. The standard InChI is InChI=1S/C19H12ClF4NO2S/c1-9-8-11(4-7-13(9)20)15-14(16(21)18(23)19(24)17(15)22)10-2-5-12(6-3-10)28(25,26)27/h2-8H,1H3,(H2,25,26,27). The lowest BCUT2D eigenvalue weighted by molar-refractivity contribution is 0.412. The molecule has 0 spiro atoms. The summed E-state index contributed by atoms with van der Waals surface area (Å²) in [5.74, 6) is -7.11. The Labute approximate surface area is 163 Å². The van der Waals surface area contributed by atoms with Gasteiger partial charge in [0.15, 0.2) is 23.3 Å². The summed E-state index contributed by atoms with van der Waals surface area (Å²) in [6.07, 6.45) is 0. The van der Waals surface area contributed by atoms with E-state index in [-0.39, 0.29) is 16.0 Å². The van der Waals surface area contributed by atoms with Gasteiger partial charge in [0.2, 0.25) is 10.0 Å². The fourth-order valence-electron chi connectivity index (χ4n) is 2.79. The van der Waals surface area contributed by atoms with Crippen molar-refractivity contribution in [2.45, 2.75) is 11.8 Å². The van der Waals surface area contributed by atoms with Crippen LogP contribution in [0.2, 0.25) is 5.02 Å². The summed E-state index contributed by atoms with van der Waals surface area (Å²) in [6.45, 7) is 1.61. The fraction of sp³-hybridized carbons (Fsp3) is 0.0526. The van der Waals surface area contributed by atoms with Crippen molar-refractivity contribution in [1.29, 1.82) is 0 Å². The summed E-state index contributed by atoms with van der Waals surface area (Å²) in [7, 11) is -4.02. The third kappa shape index (κ3) is 3.50. The van der Waals surface area contributed by atoms with Crippen molar-refractivity contribution in [1.82, 2.24) is 0 Å². The van der Waals surface area contributed by atoms with Gasteiger partial charge in [0.25, 0.3) is 0 Å². The van der Waals surface area contributed by atoms with Crippen LogP contribution >= 0.6 is 11.6 Å². The third-order valence-corrected chi connectivity index (χ3v) is 5.54. The van der Waals surface area contributed by atoms with Gasteiger partial charge in [-0.25, -0.2) is 31.1 Å². The van der Waals surface area contributed by atoms with Crippen LogP contribution in [0.25, 0.3) is 22.3 Å². The fourth-order valence-corrected chi connectivity index (χ4v) is 3.42. The molecule has 0 aliphatic carbocycles. The zero-order valence-corrected chi connectivity index (χ0v) is 15.8. The Bertz CT molecular complexity index is 1200. The van der Waals surface area contributed by atoms with E-state index in [0.717, 1.165) is 24.3 Å². The maximum atomic E-state index is 14.6. The number of primary sulfonamides is 1. The molecule has 0 atom stereocenters. The smallest absolute Gasteiger partial charge is 0.225 e. The van der Waals surface area contributed by atoms with E-state index in [1.165, 1.54) is 18.2 Å². The second-order valence-corrected chi connectivity index (χ2v) is 8.01. The first-order chi connectivity index (χ1) is 13.0. The Balaban J connectivity index is 2.35. The quantitative estimate of drug-likeness (QED) is 0.354. The van der Waals surface area contributed by atoms with Gasteiger partial charge in [0.05, 0.1) is 4.90 Å². The van der Waals surface area contributed by atoms with E-state index in [9.17, 15) is 26.0 Å². The van der Waals surface area contributed by atoms with Crippen molar-refractivity contribution in [3.63, 3.8) is 0 Å². The van der Waals surface area contributed by atoms with E-state index >= 15 is 0 Å². The lowest BCUT2D eigenvalue weighted by atomic mass is 9.92. The summed E-state index contributed by atoms with van der Waals surface area (Å²) in [6, 6.07) is 8.52. The van der Waals surface area contributed by atoms with Crippen molar-refractivity contribution in [3.8, 4) is 22.3 Å². The van der Waals surface area contributed by atoms with Crippen LogP contribution < -0.4 is 5.14 Å². The normalized spacial score (nSPS) is 11.7. The number of nitrogens with two attached hydrogens (primary N) is 1. The van der Waals surface area contributed by atoms with Gasteiger partial charge < -0.3 is 0 Å². The van der Waals surface area contributed by atoms with Gasteiger partial charge >= 0.3 is 0 Å². The summed E-state index contributed by atoms with van der Waals surface area (Å²) in [4.78, 5) is -0.274. The predicted molar refractivity (Wildman–Crippen MR) is 98.3 cm³/mol. The first kappa shape index (κ1) is 20.3. The molecule has 0 aliphatic heterocycles. The molecule has 0 radical (unpaired) electrons. The molecule has 0 unspecified atom stereocenters. The first-order valence-corrected chi connectivity index (χ1v) is 9.70. The average molecular weight is 430 g/mol. The highest BCUT2D eigenvalue weighted by Crippen LogP contribution is 2.40. The minimum Gasteiger partial charge on any atom is -0.225 e. The zero-order chi connectivity index (χ0) is 20.8. The minimum absolute atomic E-state index is 0.0645. The molecule has 0 amide bonds. The highest BCUT2D eigenvalue weighted by molar-refractivity contribution is 7.89. The molecule has 3 aromatic carbocycles. The van der Waals surface area contributed by atoms with Gasteiger partial charge in [-0.2, -0.15) is 0 Å². The average Bonchev–Trinajstić information content (AvgIpc) is 2.64. The van der Waals surface area contributed by atoms with Crippen LogP contribution in [0.3, 0.4) is 0 Å². The van der Waals surface area contributed by atoms with Gasteiger partial charge in [-0.3, -0.25) is 0 Å². The Kier molecular flexibility index (Phi) is 5.22. The van der Waals surface area contributed by atoms with E-state index in [2.05, 4.69) is 0 Å². The van der Waals surface area contributed by atoms with Crippen molar-refractivity contribution >= 4 is 21.6 Å². The van der Waals surface area contributed by atoms with E-state index < -0.39 is 44.4 Å². The topological polar surface area (TPSA) is 60.2 Å². The lowest BCUT2D eigenvalue weighted by Crippen LogP contribution is -2.11. The molecule has 0 saturated heterocycles. The molecular weight excluding hydrogens is 418 g/mol. The van der Waals surface area contributed by atoms with Crippen molar-refractivity contribution in [2.75, 3.05) is 0 Å². The molecule has 0 aromatic heterocycles. The lowest BCUT2D eigenvalue weighted by Gasteiger charge is -2.15. The van der Waals surface area contributed by atoms with Crippen molar-refractivity contribution in [3.05, 3.63) is 76.3 Å². The molecule has 0 saturated carbocycles. The molecular formula is C19H12ClF4NO2S. The number of benzene rings is 3. The molecule has 28 heavy (non-hydrogen) atoms. The Morgan fingerprint density at radius 3 is 1.71 bits per heavy atom. The number of hydrogen-bond donors (Lipinski definition) is 1. The summed E-state index contributed by atoms with van der Waals surface area (Å²) >= 11 is 5.94. The van der Waals surface area contributed by atoms with Crippen molar-refractivity contribution in [2.24, 2.45) is 5.14 Å². The predicted octanol–water partition coefficient (Wildman–Crippen LogP) is 5.19. The van der Waals surface area contributed by atoms with Gasteiger partial charge in [-0.15, -0.1) is 0 Å². The maximum Gasteiger partial charge on any atom is 0.238 e. The second kappa shape index (κ2) is 7.20. The molecule has 9 heteroatoms. The highest BCUT2D eigenvalue weighted by Gasteiger charge is 2.27. The van der Waals surface area contributed by atoms with Crippen LogP contribution in [0, 0.1) is 30.2 Å². The van der Waals surface area contributed by atoms with Crippen LogP contribution in [-0.4, -0.2) is 8.42 Å². The molecule has 3 nitrogen and oxygen atoms in total. The van der Waals surface area contributed by atoms with E-state index in [0.29, 0.717) is 10.6 Å². The molecule has 0 aliphatic rings. The number of halogens is 5. The Hall–Kier alpha value is -2.42. The molecule has 2 N–H and O–H groups in total. The zero-order valence-electron chi connectivity index (χ0n) is 14.2.